The summed E-state index contributed by atoms with van der Waals surface area (Å²) in [5, 5.41) is 15.9. The van der Waals surface area contributed by atoms with Crippen LogP contribution in [0.3, 0.4) is 0 Å². The number of rotatable bonds is 5. The Labute approximate surface area is 91.2 Å². The van der Waals surface area contributed by atoms with Crippen LogP contribution >= 0.6 is 0 Å². The van der Waals surface area contributed by atoms with Gasteiger partial charge in [0, 0.05) is 6.42 Å². The van der Waals surface area contributed by atoms with Gasteiger partial charge in [-0.05, 0) is 13.5 Å². The first-order chi connectivity index (χ1) is 7.49. The largest absolute Gasteiger partial charge is 0.476 e. The molecule has 0 aliphatic rings. The Balaban J connectivity index is 3.19. The van der Waals surface area contributed by atoms with Crippen LogP contribution in [0.4, 0.5) is 0 Å². The minimum Gasteiger partial charge on any atom is -0.476 e. The van der Waals surface area contributed by atoms with E-state index in [9.17, 15) is 9.59 Å². The molecule has 5 N–H and O–H groups in total. The summed E-state index contributed by atoms with van der Waals surface area (Å²) in [6, 6.07) is -0.748. The van der Waals surface area contributed by atoms with Crippen molar-refractivity contribution in [1.29, 1.82) is 0 Å². The number of hydrogen-bond donors (Lipinski definition) is 3. The number of aromatic carboxylic acids is 1. The minimum atomic E-state index is -1.20. The monoisotopic (exact) mass is 227 g/mol. The molecule has 8 nitrogen and oxygen atoms in total. The lowest BCUT2D eigenvalue weighted by Gasteiger charge is -2.10. The predicted octanol–water partition coefficient (Wildman–Crippen LogP) is -1.48. The second-order valence-electron chi connectivity index (χ2n) is 3.25. The quantitative estimate of drug-likeness (QED) is 0.561. The molecule has 1 aromatic heterocycles. The SMILES string of the molecule is CC(C(N)=O)n1nnc(C(=O)O)c1CCN. The molecular weight excluding hydrogens is 214 g/mol. The van der Waals surface area contributed by atoms with Gasteiger partial charge in [0.2, 0.25) is 5.91 Å². The maximum absolute atomic E-state index is 11.0. The fraction of sp³-hybridized carbons (Fsp3) is 0.500. The van der Waals surface area contributed by atoms with Gasteiger partial charge in [0.15, 0.2) is 5.69 Å². The Bertz CT molecular complexity index is 414. The molecule has 1 rings (SSSR count). The lowest BCUT2D eigenvalue weighted by Crippen LogP contribution is -2.27. The van der Waals surface area contributed by atoms with Crippen molar-refractivity contribution < 1.29 is 14.7 Å². The van der Waals surface area contributed by atoms with Gasteiger partial charge in [-0.2, -0.15) is 0 Å². The number of carbonyl (C=O) groups excluding carboxylic acids is 1. The fourth-order valence-corrected chi connectivity index (χ4v) is 1.28. The van der Waals surface area contributed by atoms with Gasteiger partial charge in [-0.3, -0.25) is 4.79 Å². The van der Waals surface area contributed by atoms with Crippen molar-refractivity contribution in [3.05, 3.63) is 11.4 Å². The fourth-order valence-electron chi connectivity index (χ4n) is 1.28. The minimum absolute atomic E-state index is 0.196. The molecule has 0 bridgehead atoms. The van der Waals surface area contributed by atoms with Crippen molar-refractivity contribution >= 4 is 11.9 Å². The highest BCUT2D eigenvalue weighted by atomic mass is 16.4. The number of hydrogen-bond acceptors (Lipinski definition) is 5. The zero-order chi connectivity index (χ0) is 12.3. The van der Waals surface area contributed by atoms with Crippen LogP contribution in [0, 0.1) is 0 Å². The van der Waals surface area contributed by atoms with Gasteiger partial charge in [0.05, 0.1) is 5.69 Å². The molecular formula is C8H13N5O3. The van der Waals surface area contributed by atoms with Crippen molar-refractivity contribution in [3.63, 3.8) is 0 Å². The van der Waals surface area contributed by atoms with E-state index in [1.807, 2.05) is 0 Å². The third-order valence-electron chi connectivity index (χ3n) is 2.15. The van der Waals surface area contributed by atoms with Gasteiger partial charge >= 0.3 is 5.97 Å². The van der Waals surface area contributed by atoms with Crippen LogP contribution in [0.2, 0.25) is 0 Å². The summed E-state index contributed by atoms with van der Waals surface area (Å²) in [6.07, 6.45) is 0.270. The van der Waals surface area contributed by atoms with E-state index >= 15 is 0 Å². The summed E-state index contributed by atoms with van der Waals surface area (Å²) in [4.78, 5) is 21.8. The number of nitrogens with two attached hydrogens (primary N) is 2. The molecule has 0 aromatic carbocycles. The van der Waals surface area contributed by atoms with E-state index in [-0.39, 0.29) is 18.7 Å². The van der Waals surface area contributed by atoms with Gasteiger partial charge in [0.1, 0.15) is 6.04 Å². The van der Waals surface area contributed by atoms with E-state index in [0.717, 1.165) is 0 Å². The van der Waals surface area contributed by atoms with Crippen LogP contribution in [-0.2, 0) is 11.2 Å². The van der Waals surface area contributed by atoms with Gasteiger partial charge < -0.3 is 16.6 Å². The predicted molar refractivity (Wildman–Crippen MR) is 53.6 cm³/mol. The molecule has 8 heteroatoms. The van der Waals surface area contributed by atoms with Gasteiger partial charge in [-0.1, -0.05) is 5.21 Å². The lowest BCUT2D eigenvalue weighted by molar-refractivity contribution is -0.121. The molecule has 0 aliphatic heterocycles. The van der Waals surface area contributed by atoms with Crippen LogP contribution in [0.15, 0.2) is 0 Å². The first-order valence-electron chi connectivity index (χ1n) is 4.65. The van der Waals surface area contributed by atoms with Crippen molar-refractivity contribution in [2.45, 2.75) is 19.4 Å². The molecule has 16 heavy (non-hydrogen) atoms. The third kappa shape index (κ3) is 2.16. The summed E-state index contributed by atoms with van der Waals surface area (Å²) in [7, 11) is 0. The Morgan fingerprint density at radius 3 is 2.62 bits per heavy atom. The average Bonchev–Trinajstić information content (AvgIpc) is 2.61. The lowest BCUT2D eigenvalue weighted by atomic mass is 10.2. The van der Waals surface area contributed by atoms with Gasteiger partial charge in [0.25, 0.3) is 0 Å². The number of carboxylic acid groups (broad SMARTS) is 1. The number of nitrogens with zero attached hydrogens (tertiary/aromatic N) is 3. The highest BCUT2D eigenvalue weighted by molar-refractivity contribution is 5.86. The van der Waals surface area contributed by atoms with Gasteiger partial charge in [-0.15, -0.1) is 5.10 Å². The van der Waals surface area contributed by atoms with Crippen LogP contribution in [0.5, 0.6) is 0 Å². The molecule has 0 aliphatic carbocycles. The molecule has 1 atom stereocenters. The first-order valence-corrected chi connectivity index (χ1v) is 4.65. The summed E-state index contributed by atoms with van der Waals surface area (Å²) in [6.45, 7) is 1.75. The maximum atomic E-state index is 11.0. The van der Waals surface area contributed by atoms with E-state index in [0.29, 0.717) is 5.69 Å². The van der Waals surface area contributed by atoms with E-state index in [1.165, 1.54) is 11.6 Å². The highest BCUT2D eigenvalue weighted by Crippen LogP contribution is 2.12. The standard InChI is InChI=1S/C8H13N5O3/c1-4(7(10)14)13-5(2-3-9)6(8(15)16)11-12-13/h4H,2-3,9H2,1H3,(H2,10,14)(H,15,16). The Morgan fingerprint density at radius 2 is 2.19 bits per heavy atom. The average molecular weight is 227 g/mol. The zero-order valence-electron chi connectivity index (χ0n) is 8.75. The Hall–Kier alpha value is -1.96. The normalized spacial score (nSPS) is 12.4. The Morgan fingerprint density at radius 1 is 1.56 bits per heavy atom. The first kappa shape index (κ1) is 12.1. The molecule has 0 spiro atoms. The molecule has 1 amide bonds. The summed E-state index contributed by atoms with van der Waals surface area (Å²) < 4.78 is 1.19. The summed E-state index contributed by atoms with van der Waals surface area (Å²) in [5.41, 5.74) is 10.6. The number of aromatic nitrogens is 3. The molecule has 0 fully saturated rings. The topological polar surface area (TPSA) is 137 Å². The smallest absolute Gasteiger partial charge is 0.358 e. The second-order valence-corrected chi connectivity index (χ2v) is 3.25. The second kappa shape index (κ2) is 4.71. The van der Waals surface area contributed by atoms with Crippen LogP contribution in [0.25, 0.3) is 0 Å². The van der Waals surface area contributed by atoms with Crippen LogP contribution in [-0.4, -0.2) is 38.5 Å². The van der Waals surface area contributed by atoms with E-state index in [1.54, 1.807) is 0 Å². The Kier molecular flexibility index (Phi) is 3.56. The number of carboxylic acids is 1. The number of carbonyl (C=O) groups is 2. The maximum Gasteiger partial charge on any atom is 0.358 e. The van der Waals surface area contributed by atoms with E-state index in [2.05, 4.69) is 10.3 Å². The van der Waals surface area contributed by atoms with Crippen molar-refractivity contribution in [3.8, 4) is 0 Å². The third-order valence-corrected chi connectivity index (χ3v) is 2.15. The molecule has 0 saturated carbocycles. The van der Waals surface area contributed by atoms with Gasteiger partial charge in [-0.25, -0.2) is 9.48 Å². The summed E-state index contributed by atoms with van der Waals surface area (Å²) >= 11 is 0. The van der Waals surface area contributed by atoms with Crippen molar-refractivity contribution in [2.75, 3.05) is 6.54 Å². The molecule has 1 aromatic rings. The van der Waals surface area contributed by atoms with E-state index < -0.39 is 17.9 Å². The number of amides is 1. The van der Waals surface area contributed by atoms with Crippen molar-refractivity contribution in [2.24, 2.45) is 11.5 Å². The molecule has 88 valence electrons. The molecule has 1 heterocycles. The van der Waals surface area contributed by atoms with Crippen LogP contribution in [0.1, 0.15) is 29.1 Å². The van der Waals surface area contributed by atoms with E-state index in [4.69, 9.17) is 16.6 Å². The molecule has 0 saturated heterocycles. The highest BCUT2D eigenvalue weighted by Gasteiger charge is 2.23. The number of primary amides is 1. The molecule has 0 radical (unpaired) electrons. The summed E-state index contributed by atoms with van der Waals surface area (Å²) in [5.74, 6) is -1.81. The van der Waals surface area contributed by atoms with Crippen LogP contribution < -0.4 is 11.5 Å². The molecule has 1 unspecified atom stereocenters. The van der Waals surface area contributed by atoms with Crippen molar-refractivity contribution in [1.82, 2.24) is 15.0 Å². The zero-order valence-corrected chi connectivity index (χ0v) is 8.75.